The molecular formula is C14H16N4O2. The van der Waals surface area contributed by atoms with Crippen molar-refractivity contribution in [1.82, 2.24) is 15.5 Å². The van der Waals surface area contributed by atoms with E-state index in [1.807, 2.05) is 18.2 Å². The van der Waals surface area contributed by atoms with E-state index in [9.17, 15) is 4.79 Å². The number of anilines is 1. The number of hydrogen-bond donors (Lipinski definition) is 2. The minimum absolute atomic E-state index is 0.0472. The zero-order valence-electron chi connectivity index (χ0n) is 11.1. The van der Waals surface area contributed by atoms with E-state index >= 15 is 0 Å². The molecule has 6 heteroatoms. The summed E-state index contributed by atoms with van der Waals surface area (Å²) in [6.07, 6.45) is 3.85. The van der Waals surface area contributed by atoms with Gasteiger partial charge in [0.15, 0.2) is 5.82 Å². The fraction of sp³-hybridized carbons (Fsp3) is 0.357. The van der Waals surface area contributed by atoms with Crippen molar-refractivity contribution in [2.75, 3.05) is 18.4 Å². The maximum atomic E-state index is 12.2. The Balaban J connectivity index is 1.65. The average Bonchev–Trinajstić information content (AvgIpc) is 3.00. The van der Waals surface area contributed by atoms with Gasteiger partial charge in [0, 0.05) is 30.8 Å². The van der Waals surface area contributed by atoms with Gasteiger partial charge in [0.05, 0.1) is 0 Å². The lowest BCUT2D eigenvalue weighted by Crippen LogP contribution is -2.28. The molecule has 1 amide bonds. The molecule has 3 rings (SSSR count). The third kappa shape index (κ3) is 2.64. The zero-order valence-corrected chi connectivity index (χ0v) is 11.1. The molecule has 0 fully saturated rings. The van der Waals surface area contributed by atoms with Gasteiger partial charge in [-0.3, -0.25) is 4.79 Å². The standard InChI is InChI=1S/C14H16N4O2/c19-14(16-8-6-13-17-9-20-18-13)11-3-1-5-12-10(11)4-2-7-15-12/h1,3,5,9,15H,2,4,6-8H2,(H,16,19). The Labute approximate surface area is 116 Å². The highest BCUT2D eigenvalue weighted by molar-refractivity contribution is 5.97. The molecule has 2 heterocycles. The molecule has 104 valence electrons. The Morgan fingerprint density at radius 3 is 3.25 bits per heavy atom. The van der Waals surface area contributed by atoms with Crippen LogP contribution in [-0.2, 0) is 12.8 Å². The fourth-order valence-electron chi connectivity index (χ4n) is 2.41. The molecule has 0 saturated carbocycles. The van der Waals surface area contributed by atoms with Crippen molar-refractivity contribution in [1.29, 1.82) is 0 Å². The number of amides is 1. The lowest BCUT2D eigenvalue weighted by Gasteiger charge is -2.20. The minimum Gasteiger partial charge on any atom is -0.385 e. The van der Waals surface area contributed by atoms with Crippen molar-refractivity contribution in [2.24, 2.45) is 0 Å². The van der Waals surface area contributed by atoms with Gasteiger partial charge in [-0.25, -0.2) is 0 Å². The largest absolute Gasteiger partial charge is 0.385 e. The lowest BCUT2D eigenvalue weighted by atomic mass is 9.97. The number of fused-ring (bicyclic) bond motifs is 1. The van der Waals surface area contributed by atoms with E-state index < -0.39 is 0 Å². The summed E-state index contributed by atoms with van der Waals surface area (Å²) < 4.78 is 4.65. The van der Waals surface area contributed by atoms with Crippen molar-refractivity contribution < 1.29 is 9.32 Å². The summed E-state index contributed by atoms with van der Waals surface area (Å²) in [7, 11) is 0. The molecule has 2 aromatic rings. The Morgan fingerprint density at radius 2 is 2.40 bits per heavy atom. The van der Waals surface area contributed by atoms with Crippen molar-refractivity contribution in [2.45, 2.75) is 19.3 Å². The minimum atomic E-state index is -0.0472. The highest BCUT2D eigenvalue weighted by Crippen LogP contribution is 2.25. The smallest absolute Gasteiger partial charge is 0.251 e. The van der Waals surface area contributed by atoms with E-state index in [0.29, 0.717) is 18.8 Å². The van der Waals surface area contributed by atoms with Crippen molar-refractivity contribution in [3.8, 4) is 0 Å². The van der Waals surface area contributed by atoms with Crippen LogP contribution in [0.4, 0.5) is 5.69 Å². The lowest BCUT2D eigenvalue weighted by molar-refractivity contribution is 0.0953. The Kier molecular flexibility index (Phi) is 3.62. The van der Waals surface area contributed by atoms with Crippen LogP contribution in [0.2, 0.25) is 0 Å². The van der Waals surface area contributed by atoms with E-state index in [4.69, 9.17) is 0 Å². The molecule has 0 radical (unpaired) electrons. The van der Waals surface area contributed by atoms with Crippen LogP contribution in [0.5, 0.6) is 0 Å². The number of rotatable bonds is 4. The van der Waals surface area contributed by atoms with Crippen LogP contribution in [0.25, 0.3) is 0 Å². The molecule has 0 spiro atoms. The van der Waals surface area contributed by atoms with E-state index in [0.717, 1.165) is 36.2 Å². The van der Waals surface area contributed by atoms with Crippen molar-refractivity contribution in [3.05, 3.63) is 41.5 Å². The highest BCUT2D eigenvalue weighted by atomic mass is 16.5. The van der Waals surface area contributed by atoms with Crippen LogP contribution in [0.15, 0.2) is 29.1 Å². The van der Waals surface area contributed by atoms with E-state index in [2.05, 4.69) is 25.3 Å². The number of benzene rings is 1. The topological polar surface area (TPSA) is 80.1 Å². The molecule has 1 aromatic carbocycles. The maximum absolute atomic E-state index is 12.2. The summed E-state index contributed by atoms with van der Waals surface area (Å²) in [5.41, 5.74) is 2.93. The van der Waals surface area contributed by atoms with Crippen LogP contribution < -0.4 is 10.6 Å². The molecule has 0 bridgehead atoms. The molecule has 1 aliphatic rings. The first kappa shape index (κ1) is 12.7. The number of carbonyl (C=O) groups is 1. The molecule has 6 nitrogen and oxygen atoms in total. The predicted octanol–water partition coefficient (Wildman–Crippen LogP) is 1.40. The first-order chi connectivity index (χ1) is 9.84. The first-order valence-electron chi connectivity index (χ1n) is 6.74. The Morgan fingerprint density at radius 1 is 1.45 bits per heavy atom. The van der Waals surface area contributed by atoms with Crippen molar-refractivity contribution >= 4 is 11.6 Å². The van der Waals surface area contributed by atoms with Gasteiger partial charge >= 0.3 is 0 Å². The normalized spacial score (nSPS) is 13.4. The molecule has 1 aliphatic heterocycles. The second-order valence-electron chi connectivity index (χ2n) is 4.72. The number of aromatic nitrogens is 2. The summed E-state index contributed by atoms with van der Waals surface area (Å²) in [4.78, 5) is 16.2. The van der Waals surface area contributed by atoms with E-state index in [1.165, 1.54) is 6.39 Å². The number of hydrogen-bond acceptors (Lipinski definition) is 5. The summed E-state index contributed by atoms with van der Waals surface area (Å²) in [6.45, 7) is 1.46. The second-order valence-corrected chi connectivity index (χ2v) is 4.72. The average molecular weight is 272 g/mol. The third-order valence-corrected chi connectivity index (χ3v) is 3.38. The fourth-order valence-corrected chi connectivity index (χ4v) is 2.41. The Bertz CT molecular complexity index is 595. The van der Waals surface area contributed by atoms with Crippen LogP contribution in [-0.4, -0.2) is 29.1 Å². The molecule has 1 aromatic heterocycles. The molecule has 0 aliphatic carbocycles. The van der Waals surface area contributed by atoms with Crippen LogP contribution in [0.1, 0.15) is 28.2 Å². The summed E-state index contributed by atoms with van der Waals surface area (Å²) >= 11 is 0. The quantitative estimate of drug-likeness (QED) is 0.879. The van der Waals surface area contributed by atoms with Gasteiger partial charge in [-0.15, -0.1) is 0 Å². The number of nitrogens with one attached hydrogen (secondary N) is 2. The second kappa shape index (κ2) is 5.73. The molecule has 0 atom stereocenters. The van der Waals surface area contributed by atoms with Crippen LogP contribution in [0.3, 0.4) is 0 Å². The van der Waals surface area contributed by atoms with E-state index in [-0.39, 0.29) is 5.91 Å². The van der Waals surface area contributed by atoms with Gasteiger partial charge in [0.1, 0.15) is 0 Å². The van der Waals surface area contributed by atoms with E-state index in [1.54, 1.807) is 0 Å². The van der Waals surface area contributed by atoms with Gasteiger partial charge in [-0.2, -0.15) is 4.98 Å². The zero-order chi connectivity index (χ0) is 13.8. The number of nitrogens with zero attached hydrogens (tertiary/aromatic N) is 2. The monoisotopic (exact) mass is 272 g/mol. The highest BCUT2D eigenvalue weighted by Gasteiger charge is 2.16. The third-order valence-electron chi connectivity index (χ3n) is 3.38. The molecular weight excluding hydrogens is 256 g/mol. The molecule has 0 saturated heterocycles. The maximum Gasteiger partial charge on any atom is 0.251 e. The Hall–Kier alpha value is -2.37. The van der Waals surface area contributed by atoms with Gasteiger partial charge < -0.3 is 15.2 Å². The van der Waals surface area contributed by atoms with Gasteiger partial charge in [-0.1, -0.05) is 11.2 Å². The summed E-state index contributed by atoms with van der Waals surface area (Å²) in [5.74, 6) is 0.552. The van der Waals surface area contributed by atoms with Crippen LogP contribution >= 0.6 is 0 Å². The molecule has 20 heavy (non-hydrogen) atoms. The van der Waals surface area contributed by atoms with Crippen LogP contribution in [0, 0.1) is 0 Å². The van der Waals surface area contributed by atoms with Gasteiger partial charge in [0.2, 0.25) is 6.39 Å². The summed E-state index contributed by atoms with van der Waals surface area (Å²) in [5, 5.41) is 9.93. The van der Waals surface area contributed by atoms with Crippen molar-refractivity contribution in [3.63, 3.8) is 0 Å². The molecule has 0 unspecified atom stereocenters. The number of carbonyl (C=O) groups excluding carboxylic acids is 1. The van der Waals surface area contributed by atoms with Gasteiger partial charge in [0.25, 0.3) is 5.91 Å². The summed E-state index contributed by atoms with van der Waals surface area (Å²) in [6, 6.07) is 5.80. The molecule has 2 N–H and O–H groups in total. The SMILES string of the molecule is O=C(NCCc1ncon1)c1cccc2c1CCCN2. The van der Waals surface area contributed by atoms with Gasteiger partial charge in [-0.05, 0) is 30.5 Å². The predicted molar refractivity (Wildman–Crippen MR) is 73.6 cm³/mol. The first-order valence-corrected chi connectivity index (χ1v) is 6.74.